The summed E-state index contributed by atoms with van der Waals surface area (Å²) in [5.41, 5.74) is -0.288. The zero-order chi connectivity index (χ0) is 11.0. The van der Waals surface area contributed by atoms with Crippen LogP contribution in [0.2, 0.25) is 0 Å². The molecule has 1 saturated heterocycles. The van der Waals surface area contributed by atoms with E-state index >= 15 is 0 Å². The molecule has 3 heteroatoms. The van der Waals surface area contributed by atoms with E-state index in [1.54, 1.807) is 6.92 Å². The van der Waals surface area contributed by atoms with E-state index in [1.165, 1.54) is 0 Å². The summed E-state index contributed by atoms with van der Waals surface area (Å²) in [6.07, 6.45) is 1.77. The van der Waals surface area contributed by atoms with Crippen LogP contribution >= 0.6 is 0 Å². The molecule has 0 aliphatic carbocycles. The molecule has 0 radical (unpaired) electrons. The Labute approximate surface area is 86.2 Å². The second-order valence-corrected chi connectivity index (χ2v) is 5.43. The summed E-state index contributed by atoms with van der Waals surface area (Å²) in [6, 6.07) is 0.242. The van der Waals surface area contributed by atoms with Crippen molar-refractivity contribution in [2.75, 3.05) is 0 Å². The van der Waals surface area contributed by atoms with Crippen molar-refractivity contribution < 1.29 is 9.53 Å². The van der Waals surface area contributed by atoms with Crippen LogP contribution in [0.4, 0.5) is 0 Å². The summed E-state index contributed by atoms with van der Waals surface area (Å²) in [6.45, 7) is 9.85. The Hall–Kier alpha value is -0.570. The van der Waals surface area contributed by atoms with E-state index in [0.717, 1.165) is 12.8 Å². The molecule has 1 aliphatic heterocycles. The van der Waals surface area contributed by atoms with Crippen molar-refractivity contribution in [3.8, 4) is 0 Å². The molecule has 0 unspecified atom stereocenters. The fraction of sp³-hybridized carbons (Fsp3) is 0.909. The number of hydrogen-bond acceptors (Lipinski definition) is 2. The molecular weight excluding hydrogens is 178 g/mol. The summed E-state index contributed by atoms with van der Waals surface area (Å²) in [4.78, 5) is 11.0. The van der Waals surface area contributed by atoms with Crippen molar-refractivity contribution >= 4 is 5.91 Å². The first kappa shape index (κ1) is 11.5. The van der Waals surface area contributed by atoms with Gasteiger partial charge in [-0.1, -0.05) is 0 Å². The third kappa shape index (κ3) is 3.29. The van der Waals surface area contributed by atoms with E-state index in [9.17, 15) is 4.79 Å². The summed E-state index contributed by atoms with van der Waals surface area (Å²) < 4.78 is 5.92. The van der Waals surface area contributed by atoms with E-state index < -0.39 is 0 Å². The van der Waals surface area contributed by atoms with Gasteiger partial charge in [-0.25, -0.2) is 0 Å². The smallest absolute Gasteiger partial charge is 0.217 e. The van der Waals surface area contributed by atoms with Gasteiger partial charge in [-0.3, -0.25) is 4.79 Å². The largest absolute Gasteiger partial charge is 0.370 e. The van der Waals surface area contributed by atoms with Crippen molar-refractivity contribution in [1.29, 1.82) is 0 Å². The Morgan fingerprint density at radius 3 is 2.00 bits per heavy atom. The highest BCUT2D eigenvalue weighted by molar-refractivity contribution is 5.73. The maximum atomic E-state index is 11.0. The molecule has 1 aliphatic rings. The molecule has 14 heavy (non-hydrogen) atoms. The topological polar surface area (TPSA) is 38.3 Å². The minimum Gasteiger partial charge on any atom is -0.370 e. The van der Waals surface area contributed by atoms with Gasteiger partial charge < -0.3 is 10.1 Å². The van der Waals surface area contributed by atoms with Gasteiger partial charge in [0, 0.05) is 13.0 Å². The second kappa shape index (κ2) is 3.54. The van der Waals surface area contributed by atoms with Crippen LogP contribution in [0.3, 0.4) is 0 Å². The van der Waals surface area contributed by atoms with Gasteiger partial charge in [0.25, 0.3) is 0 Å². The van der Waals surface area contributed by atoms with Gasteiger partial charge >= 0.3 is 0 Å². The maximum Gasteiger partial charge on any atom is 0.217 e. The van der Waals surface area contributed by atoms with Crippen LogP contribution in [0.25, 0.3) is 0 Å². The molecule has 1 rings (SSSR count). The molecule has 1 N–H and O–H groups in total. The maximum absolute atomic E-state index is 11.0. The number of hydrogen-bond donors (Lipinski definition) is 1. The molecule has 0 bridgehead atoms. The third-order valence-electron chi connectivity index (χ3n) is 2.44. The minimum absolute atomic E-state index is 0.0449. The van der Waals surface area contributed by atoms with Gasteiger partial charge in [-0.15, -0.1) is 0 Å². The van der Waals surface area contributed by atoms with Crippen molar-refractivity contribution in [3.05, 3.63) is 0 Å². The van der Waals surface area contributed by atoms with Gasteiger partial charge in [0.1, 0.15) is 0 Å². The quantitative estimate of drug-likeness (QED) is 0.700. The van der Waals surface area contributed by atoms with Gasteiger partial charge in [0.05, 0.1) is 11.2 Å². The fourth-order valence-electron chi connectivity index (χ4n) is 2.48. The highest BCUT2D eigenvalue weighted by Crippen LogP contribution is 2.34. The van der Waals surface area contributed by atoms with Crippen LogP contribution in [-0.4, -0.2) is 23.2 Å². The zero-order valence-electron chi connectivity index (χ0n) is 9.81. The molecule has 0 aromatic heterocycles. The lowest BCUT2D eigenvalue weighted by Crippen LogP contribution is -2.52. The SMILES string of the molecule is CC(=O)NC1CC(C)(C)OC(C)(C)C1. The number of carbonyl (C=O) groups excluding carboxylic acids is 1. The first-order valence-electron chi connectivity index (χ1n) is 5.17. The number of ether oxygens (including phenoxy) is 1. The first-order valence-corrected chi connectivity index (χ1v) is 5.17. The van der Waals surface area contributed by atoms with E-state index in [1.807, 2.05) is 0 Å². The van der Waals surface area contributed by atoms with Crippen LogP contribution in [0.1, 0.15) is 47.5 Å². The van der Waals surface area contributed by atoms with E-state index in [4.69, 9.17) is 4.74 Å². The number of rotatable bonds is 1. The third-order valence-corrected chi connectivity index (χ3v) is 2.44. The van der Waals surface area contributed by atoms with Crippen molar-refractivity contribution in [2.24, 2.45) is 0 Å². The Balaban J connectivity index is 2.66. The number of nitrogens with one attached hydrogen (secondary N) is 1. The summed E-state index contributed by atoms with van der Waals surface area (Å²) in [5.74, 6) is 0.0449. The number of amides is 1. The molecule has 0 spiro atoms. The van der Waals surface area contributed by atoms with Gasteiger partial charge in [-0.05, 0) is 40.5 Å². The van der Waals surface area contributed by atoms with Crippen LogP contribution < -0.4 is 5.32 Å². The Morgan fingerprint density at radius 2 is 1.64 bits per heavy atom. The molecule has 1 fully saturated rings. The Bertz CT molecular complexity index is 217. The molecular formula is C11H21NO2. The summed E-state index contributed by atoms with van der Waals surface area (Å²) in [5, 5.41) is 2.97. The van der Waals surface area contributed by atoms with Crippen molar-refractivity contribution in [2.45, 2.75) is 64.7 Å². The van der Waals surface area contributed by atoms with Crippen LogP contribution in [-0.2, 0) is 9.53 Å². The van der Waals surface area contributed by atoms with E-state index in [0.29, 0.717) is 0 Å². The predicted octanol–water partition coefficient (Wildman–Crippen LogP) is 1.86. The summed E-state index contributed by atoms with van der Waals surface area (Å²) in [7, 11) is 0. The normalized spacial score (nSPS) is 25.8. The van der Waals surface area contributed by atoms with Gasteiger partial charge in [-0.2, -0.15) is 0 Å². The second-order valence-electron chi connectivity index (χ2n) is 5.43. The molecule has 0 saturated carbocycles. The van der Waals surface area contributed by atoms with Crippen LogP contribution in [0.15, 0.2) is 0 Å². The molecule has 82 valence electrons. The molecule has 0 atom stereocenters. The Morgan fingerprint density at radius 1 is 1.21 bits per heavy atom. The van der Waals surface area contributed by atoms with Crippen molar-refractivity contribution in [3.63, 3.8) is 0 Å². The number of carbonyl (C=O) groups is 1. The minimum atomic E-state index is -0.144. The average molecular weight is 199 g/mol. The van der Waals surface area contributed by atoms with E-state index in [2.05, 4.69) is 33.0 Å². The Kier molecular flexibility index (Phi) is 2.91. The first-order chi connectivity index (χ1) is 6.20. The molecule has 3 nitrogen and oxygen atoms in total. The van der Waals surface area contributed by atoms with E-state index in [-0.39, 0.29) is 23.2 Å². The van der Waals surface area contributed by atoms with Crippen LogP contribution in [0.5, 0.6) is 0 Å². The molecule has 0 aromatic rings. The summed E-state index contributed by atoms with van der Waals surface area (Å²) >= 11 is 0. The van der Waals surface area contributed by atoms with Crippen LogP contribution in [0, 0.1) is 0 Å². The molecule has 0 aromatic carbocycles. The average Bonchev–Trinajstić information content (AvgIpc) is 1.74. The van der Waals surface area contributed by atoms with Crippen molar-refractivity contribution in [1.82, 2.24) is 5.32 Å². The highest BCUT2D eigenvalue weighted by atomic mass is 16.5. The lowest BCUT2D eigenvalue weighted by Gasteiger charge is -2.45. The molecule has 1 amide bonds. The molecule has 1 heterocycles. The fourth-order valence-corrected chi connectivity index (χ4v) is 2.48. The lowest BCUT2D eigenvalue weighted by molar-refractivity contribution is -0.165. The lowest BCUT2D eigenvalue weighted by atomic mass is 9.85. The van der Waals surface area contributed by atoms with Gasteiger partial charge in [0.2, 0.25) is 5.91 Å². The predicted molar refractivity (Wildman–Crippen MR) is 56.1 cm³/mol. The van der Waals surface area contributed by atoms with Gasteiger partial charge in [0.15, 0.2) is 0 Å². The highest BCUT2D eigenvalue weighted by Gasteiger charge is 2.39. The standard InChI is InChI=1S/C11H21NO2/c1-8(13)12-9-6-10(2,3)14-11(4,5)7-9/h9H,6-7H2,1-5H3,(H,12,13). The monoisotopic (exact) mass is 199 g/mol. The zero-order valence-corrected chi connectivity index (χ0v) is 9.81.